The van der Waals surface area contributed by atoms with E-state index in [1.165, 1.54) is 41.8 Å². The third kappa shape index (κ3) is 5.92. The zero-order valence-corrected chi connectivity index (χ0v) is 16.4. The molecule has 1 amide bonds. The van der Waals surface area contributed by atoms with Crippen LogP contribution in [-0.2, 0) is 10.0 Å². The summed E-state index contributed by atoms with van der Waals surface area (Å²) in [6, 6.07) is 10.3. The van der Waals surface area contributed by atoms with Crippen LogP contribution in [0.3, 0.4) is 0 Å². The Labute approximate surface area is 172 Å². The molecule has 8 nitrogen and oxygen atoms in total. The van der Waals surface area contributed by atoms with Gasteiger partial charge in [-0.2, -0.15) is 0 Å². The molecule has 0 aliphatic carbocycles. The maximum absolute atomic E-state index is 12.3. The topological polar surface area (TPSA) is 123 Å². The van der Waals surface area contributed by atoms with E-state index in [9.17, 15) is 26.4 Å². The molecule has 0 atom stereocenters. The smallest absolute Gasteiger partial charge is 0.406 e. The molecule has 30 heavy (non-hydrogen) atoms. The van der Waals surface area contributed by atoms with Crippen molar-refractivity contribution in [3.63, 3.8) is 0 Å². The highest BCUT2D eigenvalue weighted by Crippen LogP contribution is 2.26. The molecule has 0 unspecified atom stereocenters. The van der Waals surface area contributed by atoms with Gasteiger partial charge in [-0.05, 0) is 48.5 Å². The summed E-state index contributed by atoms with van der Waals surface area (Å²) in [4.78, 5) is 16.3. The number of aromatic nitrogens is 1. The van der Waals surface area contributed by atoms with Crippen LogP contribution in [-0.4, -0.2) is 25.7 Å². The number of anilines is 3. The van der Waals surface area contributed by atoms with Gasteiger partial charge in [0.25, 0.3) is 5.91 Å². The highest BCUT2D eigenvalue weighted by molar-refractivity contribution is 7.89. The maximum atomic E-state index is 12.3. The molecule has 0 radical (unpaired) electrons. The van der Waals surface area contributed by atoms with Crippen molar-refractivity contribution in [1.29, 1.82) is 0 Å². The van der Waals surface area contributed by atoms with Gasteiger partial charge in [-0.1, -0.05) is 0 Å². The second-order valence-electron chi connectivity index (χ2n) is 5.76. The molecule has 0 fully saturated rings. The van der Waals surface area contributed by atoms with E-state index in [0.29, 0.717) is 16.5 Å². The normalized spacial score (nSPS) is 11.7. The molecule has 3 aromatic rings. The molecule has 0 aliphatic heterocycles. The van der Waals surface area contributed by atoms with Crippen LogP contribution in [0.1, 0.15) is 10.5 Å². The van der Waals surface area contributed by atoms with Crippen molar-refractivity contribution >= 4 is 43.8 Å². The number of hydrogen-bond donors (Lipinski definition) is 3. The second kappa shape index (κ2) is 8.30. The molecular formula is C17H13F3N4O4S2. The van der Waals surface area contributed by atoms with Crippen LogP contribution in [0.5, 0.6) is 5.75 Å². The van der Waals surface area contributed by atoms with Crippen molar-refractivity contribution in [3.05, 3.63) is 59.6 Å². The monoisotopic (exact) mass is 458 g/mol. The number of carbonyl (C=O) groups excluding carboxylic acids is 1. The number of ether oxygens (including phenoxy) is 1. The summed E-state index contributed by atoms with van der Waals surface area (Å²) in [6.45, 7) is 0. The molecule has 158 valence electrons. The first-order valence-corrected chi connectivity index (χ1v) is 10.4. The Hall–Kier alpha value is -3.16. The van der Waals surface area contributed by atoms with Crippen molar-refractivity contribution in [3.8, 4) is 5.75 Å². The van der Waals surface area contributed by atoms with Gasteiger partial charge in [0, 0.05) is 16.8 Å². The number of alkyl halides is 3. The molecule has 13 heteroatoms. The van der Waals surface area contributed by atoms with Crippen LogP contribution < -0.4 is 20.5 Å². The Morgan fingerprint density at radius 1 is 1.03 bits per heavy atom. The van der Waals surface area contributed by atoms with Crippen LogP contribution in [0, 0.1) is 0 Å². The van der Waals surface area contributed by atoms with E-state index in [0.717, 1.165) is 23.5 Å². The molecule has 1 aromatic heterocycles. The number of thiazole rings is 1. The van der Waals surface area contributed by atoms with E-state index in [2.05, 4.69) is 20.4 Å². The highest BCUT2D eigenvalue weighted by Gasteiger charge is 2.30. The number of sulfonamides is 1. The third-order valence-corrected chi connectivity index (χ3v) is 5.20. The first-order chi connectivity index (χ1) is 14.0. The average Bonchev–Trinajstić information content (AvgIpc) is 3.10. The second-order valence-corrected chi connectivity index (χ2v) is 8.18. The number of rotatable bonds is 6. The van der Waals surface area contributed by atoms with Crippen molar-refractivity contribution < 1.29 is 31.1 Å². The summed E-state index contributed by atoms with van der Waals surface area (Å²) in [6.07, 6.45) is -4.77. The van der Waals surface area contributed by atoms with Gasteiger partial charge < -0.3 is 15.4 Å². The zero-order valence-electron chi connectivity index (χ0n) is 14.8. The van der Waals surface area contributed by atoms with Crippen LogP contribution in [0.4, 0.5) is 29.7 Å². The number of halogens is 3. The predicted molar refractivity (Wildman–Crippen MR) is 104 cm³/mol. The minimum absolute atomic E-state index is 0.0905. The van der Waals surface area contributed by atoms with E-state index in [1.54, 1.807) is 0 Å². The Morgan fingerprint density at radius 2 is 1.63 bits per heavy atom. The fourth-order valence-corrected chi connectivity index (χ4v) is 3.45. The molecule has 0 aliphatic rings. The standard InChI is InChI=1S/C17H13F3N4O4S2/c18-17(19,20)28-12-5-1-11(2-6-12)23-16-24-14(9-29-16)15(25)22-10-3-7-13(8-4-10)30(21,26)27/h1-9H,(H,22,25)(H,23,24)(H2,21,26,27). The van der Waals surface area contributed by atoms with Gasteiger partial charge in [0.05, 0.1) is 4.90 Å². The number of amides is 1. The number of nitrogens with one attached hydrogen (secondary N) is 2. The molecule has 0 spiro atoms. The summed E-state index contributed by atoms with van der Waals surface area (Å²) in [5.41, 5.74) is 0.884. The summed E-state index contributed by atoms with van der Waals surface area (Å²) in [5.74, 6) is -0.891. The quantitative estimate of drug-likeness (QED) is 0.518. The summed E-state index contributed by atoms with van der Waals surface area (Å²) < 4.78 is 62.8. The molecule has 3 rings (SSSR count). The molecule has 0 saturated heterocycles. The van der Waals surface area contributed by atoms with E-state index in [4.69, 9.17) is 5.14 Å². The first-order valence-electron chi connectivity index (χ1n) is 8.02. The predicted octanol–water partition coefficient (Wildman–Crippen LogP) is 3.69. The van der Waals surface area contributed by atoms with Gasteiger partial charge in [0.2, 0.25) is 10.0 Å². The highest BCUT2D eigenvalue weighted by atomic mass is 32.2. The van der Waals surface area contributed by atoms with Gasteiger partial charge in [0.15, 0.2) is 5.13 Å². The van der Waals surface area contributed by atoms with Crippen LogP contribution in [0.2, 0.25) is 0 Å². The van der Waals surface area contributed by atoms with Crippen LogP contribution in [0.25, 0.3) is 0 Å². The minimum Gasteiger partial charge on any atom is -0.406 e. The number of primary sulfonamides is 1. The Morgan fingerprint density at radius 3 is 2.20 bits per heavy atom. The van der Waals surface area contributed by atoms with Gasteiger partial charge in [-0.25, -0.2) is 18.5 Å². The maximum Gasteiger partial charge on any atom is 0.573 e. The fourth-order valence-electron chi connectivity index (χ4n) is 2.22. The van der Waals surface area contributed by atoms with Crippen molar-refractivity contribution in [2.45, 2.75) is 11.3 Å². The number of benzene rings is 2. The van der Waals surface area contributed by atoms with E-state index < -0.39 is 22.3 Å². The molecule has 1 heterocycles. The Bertz CT molecular complexity index is 1140. The lowest BCUT2D eigenvalue weighted by Crippen LogP contribution is -2.16. The van der Waals surface area contributed by atoms with Crippen molar-refractivity contribution in [2.75, 3.05) is 10.6 Å². The van der Waals surface area contributed by atoms with Gasteiger partial charge in [-0.15, -0.1) is 24.5 Å². The van der Waals surface area contributed by atoms with Crippen molar-refractivity contribution in [1.82, 2.24) is 4.98 Å². The fraction of sp³-hybridized carbons (Fsp3) is 0.0588. The average molecular weight is 458 g/mol. The van der Waals surface area contributed by atoms with Gasteiger partial charge in [-0.3, -0.25) is 4.79 Å². The largest absolute Gasteiger partial charge is 0.573 e. The van der Waals surface area contributed by atoms with E-state index in [1.807, 2.05) is 0 Å². The first kappa shape index (κ1) is 21.5. The molecule has 0 saturated carbocycles. The number of carbonyl (C=O) groups is 1. The number of nitrogens with zero attached hydrogens (tertiary/aromatic N) is 1. The van der Waals surface area contributed by atoms with Gasteiger partial charge >= 0.3 is 6.36 Å². The minimum atomic E-state index is -4.77. The third-order valence-electron chi connectivity index (χ3n) is 3.52. The SMILES string of the molecule is NS(=O)(=O)c1ccc(NC(=O)c2csc(Nc3ccc(OC(F)(F)F)cc3)n2)cc1. The lowest BCUT2D eigenvalue weighted by atomic mass is 10.3. The Kier molecular flexibility index (Phi) is 5.96. The number of nitrogens with two attached hydrogens (primary N) is 1. The van der Waals surface area contributed by atoms with Gasteiger partial charge in [0.1, 0.15) is 11.4 Å². The molecular weight excluding hydrogens is 445 g/mol. The zero-order chi connectivity index (χ0) is 21.9. The molecule has 4 N–H and O–H groups in total. The van der Waals surface area contributed by atoms with E-state index >= 15 is 0 Å². The lowest BCUT2D eigenvalue weighted by Gasteiger charge is -2.09. The molecule has 2 aromatic carbocycles. The van der Waals surface area contributed by atoms with E-state index in [-0.39, 0.29) is 16.3 Å². The lowest BCUT2D eigenvalue weighted by molar-refractivity contribution is -0.274. The Balaban J connectivity index is 1.62. The van der Waals surface area contributed by atoms with Crippen LogP contribution in [0.15, 0.2) is 58.8 Å². The summed E-state index contributed by atoms with van der Waals surface area (Å²) >= 11 is 1.11. The van der Waals surface area contributed by atoms with Crippen LogP contribution >= 0.6 is 11.3 Å². The summed E-state index contributed by atoms with van der Waals surface area (Å²) in [5, 5.41) is 12.3. The number of hydrogen-bond acceptors (Lipinski definition) is 7. The molecule has 0 bridgehead atoms. The van der Waals surface area contributed by atoms with Crippen molar-refractivity contribution in [2.24, 2.45) is 5.14 Å². The summed E-state index contributed by atoms with van der Waals surface area (Å²) in [7, 11) is -3.83.